The number of nitrogens with one attached hydrogen (secondary N) is 1. The Morgan fingerprint density at radius 1 is 1.25 bits per heavy atom. The number of rotatable bonds is 4. The smallest absolute Gasteiger partial charge is 0.431 e. The van der Waals surface area contributed by atoms with Crippen LogP contribution in [0, 0.1) is 6.92 Å². The molecule has 0 saturated carbocycles. The van der Waals surface area contributed by atoms with Gasteiger partial charge >= 0.3 is 6.16 Å². The Morgan fingerprint density at radius 2 is 2.04 bits per heavy atom. The van der Waals surface area contributed by atoms with Gasteiger partial charge in [-0.25, -0.2) is 9.78 Å². The fourth-order valence-corrected chi connectivity index (χ4v) is 3.69. The van der Waals surface area contributed by atoms with Crippen molar-refractivity contribution in [2.24, 2.45) is 0 Å². The number of hydrogen-bond donors (Lipinski definition) is 1. The number of morpholine rings is 1. The maximum atomic E-state index is 11.9. The molecule has 0 atom stereocenters. The summed E-state index contributed by atoms with van der Waals surface area (Å²) in [6.45, 7) is 9.71. The number of benzene rings is 1. The molecular formula is C21H25N3O4. The number of carbonyl (C=O) groups excluding carboxylic acids is 1. The third-order valence-electron chi connectivity index (χ3n) is 4.96. The lowest BCUT2D eigenvalue weighted by Crippen LogP contribution is -2.35. The van der Waals surface area contributed by atoms with Crippen molar-refractivity contribution in [3.8, 4) is 5.88 Å². The van der Waals surface area contributed by atoms with Crippen LogP contribution >= 0.6 is 0 Å². The van der Waals surface area contributed by atoms with Crippen LogP contribution in [0.1, 0.15) is 25.0 Å². The molecule has 4 rings (SSSR count). The summed E-state index contributed by atoms with van der Waals surface area (Å²) in [7, 11) is 0. The average molecular weight is 383 g/mol. The van der Waals surface area contributed by atoms with Gasteiger partial charge in [0.15, 0.2) is 0 Å². The minimum Gasteiger partial charge on any atom is -0.431 e. The highest BCUT2D eigenvalue weighted by Gasteiger charge is 2.19. The summed E-state index contributed by atoms with van der Waals surface area (Å²) < 4.78 is 15.9. The van der Waals surface area contributed by atoms with Gasteiger partial charge in [-0.15, -0.1) is 0 Å². The highest BCUT2D eigenvalue weighted by atomic mass is 16.7. The molecule has 1 aliphatic heterocycles. The number of pyridine rings is 1. The minimum absolute atomic E-state index is 0.246. The molecule has 0 unspecified atom stereocenters. The molecule has 7 heteroatoms. The van der Waals surface area contributed by atoms with Gasteiger partial charge in [-0.2, -0.15) is 0 Å². The Morgan fingerprint density at radius 3 is 2.79 bits per heavy atom. The predicted molar refractivity (Wildman–Crippen MR) is 107 cm³/mol. The lowest BCUT2D eigenvalue weighted by Gasteiger charge is -2.26. The Kier molecular flexibility index (Phi) is 5.19. The molecule has 3 aromatic rings. The van der Waals surface area contributed by atoms with Crippen molar-refractivity contribution in [1.82, 2.24) is 14.9 Å². The molecule has 148 valence electrons. The molecular weight excluding hydrogens is 358 g/mol. The first kappa shape index (κ1) is 18.7. The van der Waals surface area contributed by atoms with E-state index in [0.29, 0.717) is 0 Å². The van der Waals surface area contributed by atoms with Crippen molar-refractivity contribution in [2.45, 2.75) is 33.4 Å². The Hall–Kier alpha value is -2.64. The van der Waals surface area contributed by atoms with Gasteiger partial charge in [-0.1, -0.05) is 12.1 Å². The second kappa shape index (κ2) is 7.77. The maximum Gasteiger partial charge on any atom is 0.515 e. The van der Waals surface area contributed by atoms with Gasteiger partial charge in [0.1, 0.15) is 0 Å². The second-order valence-corrected chi connectivity index (χ2v) is 7.35. The van der Waals surface area contributed by atoms with E-state index in [9.17, 15) is 4.79 Å². The number of aromatic nitrogens is 2. The number of H-pyrrole nitrogens is 1. The molecule has 0 spiro atoms. The summed E-state index contributed by atoms with van der Waals surface area (Å²) in [4.78, 5) is 22.1. The van der Waals surface area contributed by atoms with Crippen LogP contribution in [0.2, 0.25) is 0 Å². The number of aromatic amines is 1. The largest absolute Gasteiger partial charge is 0.515 e. The summed E-state index contributed by atoms with van der Waals surface area (Å²) in [6.07, 6.45) is 0.724. The van der Waals surface area contributed by atoms with E-state index < -0.39 is 6.16 Å². The highest BCUT2D eigenvalue weighted by Crippen LogP contribution is 2.34. The van der Waals surface area contributed by atoms with Crippen molar-refractivity contribution < 1.29 is 19.0 Å². The predicted octanol–water partition coefficient (Wildman–Crippen LogP) is 3.78. The van der Waals surface area contributed by atoms with E-state index in [4.69, 9.17) is 14.2 Å². The van der Waals surface area contributed by atoms with E-state index in [-0.39, 0.29) is 12.0 Å². The van der Waals surface area contributed by atoms with E-state index in [1.54, 1.807) is 20.0 Å². The molecule has 0 bridgehead atoms. The van der Waals surface area contributed by atoms with Gasteiger partial charge < -0.3 is 19.2 Å². The lowest BCUT2D eigenvalue weighted by atomic mass is 10.0. The number of nitrogens with zero attached hydrogens (tertiary/aromatic N) is 2. The first-order valence-electron chi connectivity index (χ1n) is 9.60. The first-order valence-corrected chi connectivity index (χ1v) is 9.60. The molecule has 1 aromatic carbocycles. The molecule has 0 amide bonds. The van der Waals surface area contributed by atoms with Crippen molar-refractivity contribution in [1.29, 1.82) is 0 Å². The fraction of sp³-hybridized carbons (Fsp3) is 0.429. The van der Waals surface area contributed by atoms with Gasteiger partial charge in [-0.05, 0) is 32.4 Å². The van der Waals surface area contributed by atoms with Crippen molar-refractivity contribution >= 4 is 28.0 Å². The third kappa shape index (κ3) is 3.68. The van der Waals surface area contributed by atoms with Crippen molar-refractivity contribution in [3.05, 3.63) is 35.5 Å². The van der Waals surface area contributed by atoms with Crippen LogP contribution in [0.3, 0.4) is 0 Å². The molecule has 1 fully saturated rings. The number of aryl methyl sites for hydroxylation is 1. The van der Waals surface area contributed by atoms with E-state index in [1.807, 2.05) is 6.92 Å². The molecule has 7 nitrogen and oxygen atoms in total. The van der Waals surface area contributed by atoms with Gasteiger partial charge in [0.05, 0.1) is 31.0 Å². The molecule has 1 saturated heterocycles. The molecule has 0 radical (unpaired) electrons. The fourth-order valence-electron chi connectivity index (χ4n) is 3.69. The summed E-state index contributed by atoms with van der Waals surface area (Å²) in [5, 5.41) is 2.17. The van der Waals surface area contributed by atoms with Gasteiger partial charge in [0.2, 0.25) is 5.88 Å². The Labute approximate surface area is 163 Å². The van der Waals surface area contributed by atoms with Crippen LogP contribution in [0.15, 0.2) is 24.4 Å². The monoisotopic (exact) mass is 383 g/mol. The standard InChI is InChI=1S/C21H25N3O4/c1-13(2)27-21(25)28-20-14(3)18-17(11-22-20)23-16-6-4-5-15(19(16)18)12-24-7-9-26-10-8-24/h4-6,11,13,23H,7-10,12H2,1-3H3. The summed E-state index contributed by atoms with van der Waals surface area (Å²) in [5.41, 5.74) is 4.02. The quantitative estimate of drug-likeness (QED) is 0.691. The van der Waals surface area contributed by atoms with Gasteiger partial charge in [-0.3, -0.25) is 4.90 Å². The third-order valence-corrected chi connectivity index (χ3v) is 4.96. The van der Waals surface area contributed by atoms with E-state index >= 15 is 0 Å². The van der Waals surface area contributed by atoms with E-state index in [1.165, 1.54) is 5.56 Å². The van der Waals surface area contributed by atoms with E-state index in [0.717, 1.165) is 60.2 Å². The Balaban J connectivity index is 1.75. The van der Waals surface area contributed by atoms with Crippen LogP contribution < -0.4 is 4.74 Å². The summed E-state index contributed by atoms with van der Waals surface area (Å²) >= 11 is 0. The number of hydrogen-bond acceptors (Lipinski definition) is 6. The zero-order valence-corrected chi connectivity index (χ0v) is 16.4. The van der Waals surface area contributed by atoms with Crippen LogP contribution in [0.5, 0.6) is 5.88 Å². The second-order valence-electron chi connectivity index (χ2n) is 7.35. The number of ether oxygens (including phenoxy) is 3. The van der Waals surface area contributed by atoms with Crippen molar-refractivity contribution in [2.75, 3.05) is 26.3 Å². The average Bonchev–Trinajstić information content (AvgIpc) is 3.04. The number of fused-ring (bicyclic) bond motifs is 3. The molecule has 1 N–H and O–H groups in total. The van der Waals surface area contributed by atoms with Gasteiger partial charge in [0.25, 0.3) is 0 Å². The SMILES string of the molecule is Cc1c(OC(=O)OC(C)C)ncc2[nH]c3cccc(CN4CCOCC4)c3c12. The summed E-state index contributed by atoms with van der Waals surface area (Å²) in [5.74, 6) is 0.278. The first-order chi connectivity index (χ1) is 13.5. The van der Waals surface area contributed by atoms with Crippen LogP contribution in [-0.2, 0) is 16.0 Å². The maximum absolute atomic E-state index is 11.9. The topological polar surface area (TPSA) is 76.7 Å². The van der Waals surface area contributed by atoms with Crippen molar-refractivity contribution in [3.63, 3.8) is 0 Å². The molecule has 1 aliphatic rings. The summed E-state index contributed by atoms with van der Waals surface area (Å²) in [6, 6.07) is 6.28. The zero-order valence-electron chi connectivity index (χ0n) is 16.4. The Bertz CT molecular complexity index is 1010. The molecule has 2 aromatic heterocycles. The molecule has 28 heavy (non-hydrogen) atoms. The lowest BCUT2D eigenvalue weighted by molar-refractivity contribution is 0.0344. The van der Waals surface area contributed by atoms with Crippen LogP contribution in [0.4, 0.5) is 4.79 Å². The van der Waals surface area contributed by atoms with E-state index in [2.05, 4.69) is 33.1 Å². The minimum atomic E-state index is -0.738. The van der Waals surface area contributed by atoms with Gasteiger partial charge in [0, 0.05) is 41.5 Å². The van der Waals surface area contributed by atoms with Crippen LogP contribution in [0.25, 0.3) is 21.8 Å². The molecule has 0 aliphatic carbocycles. The van der Waals surface area contributed by atoms with Crippen LogP contribution in [-0.4, -0.2) is 53.4 Å². The zero-order chi connectivity index (χ0) is 19.7. The number of carbonyl (C=O) groups is 1. The normalized spacial score (nSPS) is 15.4. The molecule has 3 heterocycles. The highest BCUT2D eigenvalue weighted by molar-refractivity contribution is 6.10.